The standard InChI is InChI=1S/C14H16ClFN2O3/c15-9-4-5-10(16)11(7-9)17-13(19)8-18-6-2-1-3-12(18)14(20)21/h4-5,7,12H,1-3,6,8H2,(H,17,19)(H,20,21). The molecule has 0 radical (unpaired) electrons. The third-order valence-corrected chi connectivity index (χ3v) is 3.68. The average molecular weight is 315 g/mol. The molecular formula is C14H16ClFN2O3. The number of rotatable bonds is 4. The smallest absolute Gasteiger partial charge is 0.320 e. The van der Waals surface area contributed by atoms with Crippen LogP contribution in [0, 0.1) is 5.82 Å². The Morgan fingerprint density at radius 3 is 2.90 bits per heavy atom. The van der Waals surface area contributed by atoms with E-state index in [0.29, 0.717) is 18.0 Å². The van der Waals surface area contributed by atoms with Crippen LogP contribution < -0.4 is 5.32 Å². The zero-order valence-electron chi connectivity index (χ0n) is 11.3. The zero-order valence-corrected chi connectivity index (χ0v) is 12.1. The number of halogens is 2. The van der Waals surface area contributed by atoms with E-state index < -0.39 is 23.7 Å². The number of carbonyl (C=O) groups is 2. The summed E-state index contributed by atoms with van der Waals surface area (Å²) in [5, 5.41) is 11.9. The molecule has 1 unspecified atom stereocenters. The lowest BCUT2D eigenvalue weighted by atomic mass is 10.0. The van der Waals surface area contributed by atoms with Crippen molar-refractivity contribution in [2.24, 2.45) is 0 Å². The van der Waals surface area contributed by atoms with Crippen molar-refractivity contribution in [1.82, 2.24) is 4.90 Å². The van der Waals surface area contributed by atoms with Crippen LogP contribution in [0.3, 0.4) is 0 Å². The number of benzene rings is 1. The van der Waals surface area contributed by atoms with Gasteiger partial charge in [0.25, 0.3) is 0 Å². The van der Waals surface area contributed by atoms with Gasteiger partial charge in [-0.15, -0.1) is 0 Å². The summed E-state index contributed by atoms with van der Waals surface area (Å²) >= 11 is 5.75. The lowest BCUT2D eigenvalue weighted by molar-refractivity contribution is -0.145. The second-order valence-electron chi connectivity index (χ2n) is 4.99. The largest absolute Gasteiger partial charge is 0.480 e. The Morgan fingerprint density at radius 1 is 1.43 bits per heavy atom. The second-order valence-corrected chi connectivity index (χ2v) is 5.43. The van der Waals surface area contributed by atoms with Crippen LogP contribution in [0.15, 0.2) is 18.2 Å². The van der Waals surface area contributed by atoms with E-state index in [-0.39, 0.29) is 12.2 Å². The highest BCUT2D eigenvalue weighted by Gasteiger charge is 2.29. The molecular weight excluding hydrogens is 299 g/mol. The Labute approximate surface area is 126 Å². The minimum Gasteiger partial charge on any atom is -0.480 e. The summed E-state index contributed by atoms with van der Waals surface area (Å²) in [4.78, 5) is 24.7. The first-order valence-electron chi connectivity index (χ1n) is 6.69. The fourth-order valence-electron chi connectivity index (χ4n) is 2.43. The molecule has 1 heterocycles. The van der Waals surface area contributed by atoms with E-state index in [4.69, 9.17) is 16.7 Å². The van der Waals surface area contributed by atoms with E-state index in [0.717, 1.165) is 12.8 Å². The number of amides is 1. The lowest BCUT2D eigenvalue weighted by Gasteiger charge is -2.32. The third-order valence-electron chi connectivity index (χ3n) is 3.45. The van der Waals surface area contributed by atoms with E-state index in [9.17, 15) is 14.0 Å². The number of carbonyl (C=O) groups excluding carboxylic acids is 1. The summed E-state index contributed by atoms with van der Waals surface area (Å²) in [5.74, 6) is -1.97. The van der Waals surface area contributed by atoms with E-state index in [1.807, 2.05) is 0 Å². The first kappa shape index (κ1) is 15.7. The predicted molar refractivity (Wildman–Crippen MR) is 76.9 cm³/mol. The van der Waals surface area contributed by atoms with E-state index in [1.165, 1.54) is 18.2 Å². The van der Waals surface area contributed by atoms with Gasteiger partial charge < -0.3 is 10.4 Å². The molecule has 0 aromatic heterocycles. The first-order chi connectivity index (χ1) is 9.97. The van der Waals surface area contributed by atoms with Crippen LogP contribution in [0.4, 0.5) is 10.1 Å². The number of anilines is 1. The molecule has 114 valence electrons. The van der Waals surface area contributed by atoms with Crippen LogP contribution in [0.2, 0.25) is 5.02 Å². The third kappa shape index (κ3) is 4.15. The molecule has 7 heteroatoms. The van der Waals surface area contributed by atoms with Crippen LogP contribution >= 0.6 is 11.6 Å². The maximum atomic E-state index is 13.5. The minimum atomic E-state index is -0.934. The van der Waals surface area contributed by atoms with Gasteiger partial charge in [0.15, 0.2) is 0 Å². The summed E-state index contributed by atoms with van der Waals surface area (Å²) in [6, 6.07) is 3.21. The highest BCUT2D eigenvalue weighted by Crippen LogP contribution is 2.20. The van der Waals surface area contributed by atoms with Gasteiger partial charge in [0.2, 0.25) is 5.91 Å². The molecule has 1 aliphatic heterocycles. The monoisotopic (exact) mass is 314 g/mol. The molecule has 0 spiro atoms. The van der Waals surface area contributed by atoms with Gasteiger partial charge in [0.05, 0.1) is 12.2 Å². The Bertz CT molecular complexity index is 553. The Kier molecular flexibility index (Phi) is 5.14. The van der Waals surface area contributed by atoms with Crippen LogP contribution in [-0.2, 0) is 9.59 Å². The van der Waals surface area contributed by atoms with Crippen molar-refractivity contribution in [3.8, 4) is 0 Å². The molecule has 1 saturated heterocycles. The number of piperidine rings is 1. The zero-order chi connectivity index (χ0) is 15.4. The second kappa shape index (κ2) is 6.87. The van der Waals surface area contributed by atoms with Crippen molar-refractivity contribution in [1.29, 1.82) is 0 Å². The van der Waals surface area contributed by atoms with Gasteiger partial charge in [-0.2, -0.15) is 0 Å². The number of hydrogen-bond donors (Lipinski definition) is 2. The van der Waals surface area contributed by atoms with Gasteiger partial charge in [-0.1, -0.05) is 18.0 Å². The van der Waals surface area contributed by atoms with E-state index >= 15 is 0 Å². The molecule has 2 rings (SSSR count). The highest BCUT2D eigenvalue weighted by molar-refractivity contribution is 6.30. The number of carboxylic acid groups (broad SMARTS) is 1. The van der Waals surface area contributed by atoms with Crippen LogP contribution in [-0.4, -0.2) is 41.0 Å². The fraction of sp³-hybridized carbons (Fsp3) is 0.429. The normalized spacial score (nSPS) is 19.2. The number of aliphatic carboxylic acids is 1. The molecule has 1 aromatic carbocycles. The summed E-state index contributed by atoms with van der Waals surface area (Å²) < 4.78 is 13.5. The maximum absolute atomic E-state index is 13.5. The number of nitrogens with one attached hydrogen (secondary N) is 1. The van der Waals surface area contributed by atoms with Crippen molar-refractivity contribution >= 4 is 29.2 Å². The van der Waals surface area contributed by atoms with Crippen LogP contribution in [0.5, 0.6) is 0 Å². The van der Waals surface area contributed by atoms with Gasteiger partial charge >= 0.3 is 5.97 Å². The fourth-order valence-corrected chi connectivity index (χ4v) is 2.60. The number of hydrogen-bond acceptors (Lipinski definition) is 3. The molecule has 1 fully saturated rings. The van der Waals surface area contributed by atoms with E-state index in [1.54, 1.807) is 4.90 Å². The summed E-state index contributed by atoms with van der Waals surface area (Å²) in [5.41, 5.74) is -0.00335. The van der Waals surface area contributed by atoms with Crippen molar-refractivity contribution in [2.45, 2.75) is 25.3 Å². The molecule has 1 aliphatic rings. The molecule has 2 N–H and O–H groups in total. The molecule has 0 bridgehead atoms. The number of nitrogens with zero attached hydrogens (tertiary/aromatic N) is 1. The van der Waals surface area contributed by atoms with Crippen LogP contribution in [0.25, 0.3) is 0 Å². The SMILES string of the molecule is O=C(CN1CCCCC1C(=O)O)Nc1cc(Cl)ccc1F. The van der Waals surface area contributed by atoms with Gasteiger partial charge in [-0.25, -0.2) is 4.39 Å². The molecule has 1 amide bonds. The summed E-state index contributed by atoms with van der Waals surface area (Å²) in [6.07, 6.45) is 2.20. The van der Waals surface area contributed by atoms with Crippen LogP contribution in [0.1, 0.15) is 19.3 Å². The maximum Gasteiger partial charge on any atom is 0.320 e. The molecule has 1 atom stereocenters. The summed E-state index contributed by atoms with van der Waals surface area (Å²) in [6.45, 7) is 0.464. The van der Waals surface area contributed by atoms with Gasteiger partial charge in [0, 0.05) is 5.02 Å². The minimum absolute atomic E-state index is 0.00335. The number of carboxylic acids is 1. The summed E-state index contributed by atoms with van der Waals surface area (Å²) in [7, 11) is 0. The first-order valence-corrected chi connectivity index (χ1v) is 7.07. The molecule has 5 nitrogen and oxygen atoms in total. The van der Waals surface area contributed by atoms with Crippen molar-refractivity contribution in [3.63, 3.8) is 0 Å². The molecule has 21 heavy (non-hydrogen) atoms. The van der Waals surface area contributed by atoms with Crippen molar-refractivity contribution in [3.05, 3.63) is 29.0 Å². The Morgan fingerprint density at radius 2 is 2.19 bits per heavy atom. The highest BCUT2D eigenvalue weighted by atomic mass is 35.5. The van der Waals surface area contributed by atoms with Gasteiger partial charge in [-0.3, -0.25) is 14.5 Å². The molecule has 0 saturated carbocycles. The van der Waals surface area contributed by atoms with Gasteiger partial charge in [-0.05, 0) is 37.6 Å². The lowest BCUT2D eigenvalue weighted by Crippen LogP contribution is -2.47. The predicted octanol–water partition coefficient (Wildman–Crippen LogP) is 2.36. The van der Waals surface area contributed by atoms with Gasteiger partial charge in [0.1, 0.15) is 11.9 Å². The molecule has 1 aromatic rings. The quantitative estimate of drug-likeness (QED) is 0.895. The Balaban J connectivity index is 2.00. The van der Waals surface area contributed by atoms with E-state index in [2.05, 4.69) is 5.32 Å². The number of likely N-dealkylation sites (tertiary alicyclic amines) is 1. The van der Waals surface area contributed by atoms with Crippen molar-refractivity contribution in [2.75, 3.05) is 18.4 Å². The molecule has 0 aliphatic carbocycles. The topological polar surface area (TPSA) is 69.6 Å². The Hall–Kier alpha value is -1.66. The van der Waals surface area contributed by atoms with Crippen molar-refractivity contribution < 1.29 is 19.1 Å². The average Bonchev–Trinajstić information content (AvgIpc) is 2.43.